The standard InChI is InChI=1S/C10H12N2O5/c13-5-1-4-11-9-3-2-7(12(16)17)6-8(9)10(14)15/h2-3,6,11,13H,1,4-5H2,(H,14,15). The number of nitro groups is 1. The number of hydrogen-bond donors (Lipinski definition) is 3. The fraction of sp³-hybridized carbons (Fsp3) is 0.300. The zero-order chi connectivity index (χ0) is 12.8. The molecule has 7 heteroatoms. The van der Waals surface area contributed by atoms with Gasteiger partial charge in [-0.3, -0.25) is 10.1 Å². The lowest BCUT2D eigenvalue weighted by molar-refractivity contribution is -0.384. The van der Waals surface area contributed by atoms with Crippen LogP contribution in [0.15, 0.2) is 18.2 Å². The van der Waals surface area contributed by atoms with Gasteiger partial charge in [0.1, 0.15) is 0 Å². The van der Waals surface area contributed by atoms with Crippen molar-refractivity contribution in [3.8, 4) is 0 Å². The van der Waals surface area contributed by atoms with Crippen LogP contribution in [-0.4, -0.2) is 34.3 Å². The van der Waals surface area contributed by atoms with Crippen molar-refractivity contribution < 1.29 is 19.9 Å². The van der Waals surface area contributed by atoms with Crippen LogP contribution in [0.4, 0.5) is 11.4 Å². The number of non-ortho nitro benzene ring substituents is 1. The summed E-state index contributed by atoms with van der Waals surface area (Å²) in [7, 11) is 0. The molecule has 0 bridgehead atoms. The van der Waals surface area contributed by atoms with E-state index in [1.54, 1.807) is 0 Å². The number of hydrogen-bond acceptors (Lipinski definition) is 5. The Hall–Kier alpha value is -2.15. The Morgan fingerprint density at radius 2 is 2.18 bits per heavy atom. The number of aromatic carboxylic acids is 1. The molecule has 0 aromatic heterocycles. The van der Waals surface area contributed by atoms with Crippen molar-refractivity contribution in [3.05, 3.63) is 33.9 Å². The quantitative estimate of drug-likeness (QED) is 0.389. The van der Waals surface area contributed by atoms with Crippen LogP contribution in [0.1, 0.15) is 16.8 Å². The summed E-state index contributed by atoms with van der Waals surface area (Å²) in [5, 5.41) is 30.8. The summed E-state index contributed by atoms with van der Waals surface area (Å²) in [6.07, 6.45) is 0.468. The minimum atomic E-state index is -1.24. The number of nitro benzene ring substituents is 1. The Bertz CT molecular complexity index is 433. The van der Waals surface area contributed by atoms with Crippen molar-refractivity contribution in [1.82, 2.24) is 0 Å². The van der Waals surface area contributed by atoms with Crippen molar-refractivity contribution in [1.29, 1.82) is 0 Å². The Kier molecular flexibility index (Phi) is 4.41. The first-order valence-corrected chi connectivity index (χ1v) is 4.92. The van der Waals surface area contributed by atoms with E-state index in [9.17, 15) is 14.9 Å². The molecule has 1 aromatic rings. The van der Waals surface area contributed by atoms with Gasteiger partial charge in [0.15, 0.2) is 0 Å². The van der Waals surface area contributed by atoms with Crippen LogP contribution in [0.2, 0.25) is 0 Å². The normalized spacial score (nSPS) is 9.94. The van der Waals surface area contributed by atoms with Crippen molar-refractivity contribution in [2.45, 2.75) is 6.42 Å². The first-order chi connectivity index (χ1) is 8.06. The zero-order valence-electron chi connectivity index (χ0n) is 8.92. The molecule has 0 atom stereocenters. The molecule has 1 rings (SSSR count). The van der Waals surface area contributed by atoms with Gasteiger partial charge in [0.25, 0.3) is 5.69 Å². The molecule has 92 valence electrons. The smallest absolute Gasteiger partial charge is 0.338 e. The summed E-state index contributed by atoms with van der Waals surface area (Å²) in [4.78, 5) is 20.8. The fourth-order valence-corrected chi connectivity index (χ4v) is 1.28. The highest BCUT2D eigenvalue weighted by Crippen LogP contribution is 2.22. The average molecular weight is 240 g/mol. The maximum atomic E-state index is 10.9. The lowest BCUT2D eigenvalue weighted by Gasteiger charge is -2.08. The van der Waals surface area contributed by atoms with Gasteiger partial charge in [-0.25, -0.2) is 4.79 Å². The first-order valence-electron chi connectivity index (χ1n) is 4.92. The van der Waals surface area contributed by atoms with Gasteiger partial charge < -0.3 is 15.5 Å². The number of carbonyl (C=O) groups is 1. The minimum Gasteiger partial charge on any atom is -0.478 e. The lowest BCUT2D eigenvalue weighted by atomic mass is 10.1. The number of benzene rings is 1. The molecule has 17 heavy (non-hydrogen) atoms. The number of carboxylic acids is 1. The molecule has 0 aliphatic rings. The summed E-state index contributed by atoms with van der Waals surface area (Å²) in [6, 6.07) is 3.58. The van der Waals surface area contributed by atoms with E-state index in [-0.39, 0.29) is 17.9 Å². The third-order valence-electron chi connectivity index (χ3n) is 2.09. The van der Waals surface area contributed by atoms with E-state index in [1.807, 2.05) is 0 Å². The summed E-state index contributed by atoms with van der Waals surface area (Å²) in [5.41, 5.74) is -0.121. The SMILES string of the molecule is O=C(O)c1cc([N+](=O)[O-])ccc1NCCCO. The van der Waals surface area contributed by atoms with Gasteiger partial charge >= 0.3 is 5.97 Å². The number of carboxylic acid groups (broad SMARTS) is 1. The van der Waals surface area contributed by atoms with Crippen LogP contribution in [-0.2, 0) is 0 Å². The molecule has 0 saturated heterocycles. The number of nitrogens with one attached hydrogen (secondary N) is 1. The molecule has 0 unspecified atom stereocenters. The van der Waals surface area contributed by atoms with Crippen LogP contribution >= 0.6 is 0 Å². The molecule has 0 saturated carbocycles. The van der Waals surface area contributed by atoms with E-state index in [4.69, 9.17) is 10.2 Å². The number of aliphatic hydroxyl groups is 1. The molecule has 0 radical (unpaired) electrons. The van der Waals surface area contributed by atoms with E-state index >= 15 is 0 Å². The summed E-state index contributed by atoms with van der Waals surface area (Å²) in [6.45, 7) is 0.386. The second-order valence-corrected chi connectivity index (χ2v) is 3.30. The third-order valence-corrected chi connectivity index (χ3v) is 2.09. The van der Waals surface area contributed by atoms with Crippen molar-refractivity contribution in [3.63, 3.8) is 0 Å². The van der Waals surface area contributed by atoms with E-state index in [0.717, 1.165) is 6.07 Å². The summed E-state index contributed by atoms with van der Waals surface area (Å²) >= 11 is 0. The van der Waals surface area contributed by atoms with Crippen LogP contribution in [0.3, 0.4) is 0 Å². The van der Waals surface area contributed by atoms with Gasteiger partial charge in [0.05, 0.1) is 10.5 Å². The predicted molar refractivity (Wildman–Crippen MR) is 60.2 cm³/mol. The number of anilines is 1. The zero-order valence-corrected chi connectivity index (χ0v) is 8.92. The molecule has 0 aliphatic heterocycles. The van der Waals surface area contributed by atoms with E-state index in [2.05, 4.69) is 5.32 Å². The minimum absolute atomic E-state index is 0.0115. The Morgan fingerprint density at radius 1 is 1.47 bits per heavy atom. The maximum absolute atomic E-state index is 10.9. The number of aliphatic hydroxyl groups excluding tert-OH is 1. The van der Waals surface area contributed by atoms with Crippen molar-refractivity contribution >= 4 is 17.3 Å². The molecule has 0 heterocycles. The van der Waals surface area contributed by atoms with Crippen LogP contribution in [0, 0.1) is 10.1 Å². The summed E-state index contributed by atoms with van der Waals surface area (Å²) in [5.74, 6) is -1.24. The Balaban J connectivity index is 2.96. The fourth-order valence-electron chi connectivity index (χ4n) is 1.28. The highest BCUT2D eigenvalue weighted by Gasteiger charge is 2.15. The molecule has 0 spiro atoms. The van der Waals surface area contributed by atoms with Gasteiger partial charge in [-0.1, -0.05) is 0 Å². The van der Waals surface area contributed by atoms with Gasteiger partial charge in [-0.15, -0.1) is 0 Å². The average Bonchev–Trinajstić information content (AvgIpc) is 2.29. The Morgan fingerprint density at radius 3 is 2.71 bits per heavy atom. The monoisotopic (exact) mass is 240 g/mol. The van der Waals surface area contributed by atoms with Crippen LogP contribution < -0.4 is 5.32 Å². The molecule has 1 aromatic carbocycles. The molecule has 0 aliphatic carbocycles. The number of rotatable bonds is 6. The molecule has 3 N–H and O–H groups in total. The second kappa shape index (κ2) is 5.80. The van der Waals surface area contributed by atoms with Crippen molar-refractivity contribution in [2.24, 2.45) is 0 Å². The largest absolute Gasteiger partial charge is 0.478 e. The van der Waals surface area contributed by atoms with Crippen LogP contribution in [0.25, 0.3) is 0 Å². The van der Waals surface area contributed by atoms with Gasteiger partial charge in [0, 0.05) is 31.0 Å². The topological polar surface area (TPSA) is 113 Å². The highest BCUT2D eigenvalue weighted by atomic mass is 16.6. The van der Waals surface area contributed by atoms with E-state index < -0.39 is 10.9 Å². The first kappa shape index (κ1) is 12.9. The summed E-state index contributed by atoms with van der Waals surface area (Å²) < 4.78 is 0. The molecular weight excluding hydrogens is 228 g/mol. The molecule has 0 amide bonds. The van der Waals surface area contributed by atoms with E-state index in [0.29, 0.717) is 18.7 Å². The molecular formula is C10H12N2O5. The third kappa shape index (κ3) is 3.42. The van der Waals surface area contributed by atoms with Gasteiger partial charge in [0.2, 0.25) is 0 Å². The molecule has 0 fully saturated rings. The molecule has 7 nitrogen and oxygen atoms in total. The Labute approximate surface area is 96.8 Å². The highest BCUT2D eigenvalue weighted by molar-refractivity contribution is 5.95. The van der Waals surface area contributed by atoms with Gasteiger partial charge in [-0.2, -0.15) is 0 Å². The predicted octanol–water partition coefficient (Wildman–Crippen LogP) is 1.09. The maximum Gasteiger partial charge on any atom is 0.338 e. The van der Waals surface area contributed by atoms with Crippen LogP contribution in [0.5, 0.6) is 0 Å². The van der Waals surface area contributed by atoms with Gasteiger partial charge in [-0.05, 0) is 12.5 Å². The second-order valence-electron chi connectivity index (χ2n) is 3.30. The van der Waals surface area contributed by atoms with E-state index in [1.165, 1.54) is 12.1 Å². The number of nitrogens with zero attached hydrogens (tertiary/aromatic N) is 1. The van der Waals surface area contributed by atoms with Crippen molar-refractivity contribution in [2.75, 3.05) is 18.5 Å². The lowest BCUT2D eigenvalue weighted by Crippen LogP contribution is -2.09.